The van der Waals surface area contributed by atoms with Crippen molar-refractivity contribution in [3.8, 4) is 11.5 Å². The summed E-state index contributed by atoms with van der Waals surface area (Å²) >= 11 is 0. The minimum Gasteiger partial charge on any atom is -0.492 e. The number of carbonyl (C=O) groups is 1. The molecule has 4 heteroatoms. The van der Waals surface area contributed by atoms with Crippen molar-refractivity contribution in [2.45, 2.75) is 20.0 Å². The second kappa shape index (κ2) is 8.39. The Hall–Kier alpha value is -3.01. The van der Waals surface area contributed by atoms with Gasteiger partial charge in [-0.15, -0.1) is 0 Å². The van der Waals surface area contributed by atoms with E-state index in [0.29, 0.717) is 24.5 Å². The van der Waals surface area contributed by atoms with E-state index in [1.807, 2.05) is 56.3 Å². The molecule has 3 aromatic rings. The van der Waals surface area contributed by atoms with Gasteiger partial charge < -0.3 is 14.8 Å². The average molecular weight is 349 g/mol. The predicted molar refractivity (Wildman–Crippen MR) is 104 cm³/mol. The van der Waals surface area contributed by atoms with Crippen molar-refractivity contribution in [2.75, 3.05) is 13.2 Å². The minimum absolute atomic E-state index is 0.0141. The van der Waals surface area contributed by atoms with E-state index in [-0.39, 0.29) is 12.0 Å². The summed E-state index contributed by atoms with van der Waals surface area (Å²) < 4.78 is 11.4. The Morgan fingerprint density at radius 1 is 0.962 bits per heavy atom. The van der Waals surface area contributed by atoms with E-state index in [1.54, 1.807) is 12.1 Å². The van der Waals surface area contributed by atoms with E-state index in [0.717, 1.165) is 11.1 Å². The monoisotopic (exact) mass is 349 g/mol. The Morgan fingerprint density at radius 2 is 1.69 bits per heavy atom. The number of benzene rings is 3. The van der Waals surface area contributed by atoms with Crippen molar-refractivity contribution >= 4 is 16.7 Å². The highest BCUT2D eigenvalue weighted by atomic mass is 16.5. The van der Waals surface area contributed by atoms with E-state index in [9.17, 15) is 4.79 Å². The number of carbonyl (C=O) groups excluding carboxylic acids is 1. The first-order valence-corrected chi connectivity index (χ1v) is 8.79. The zero-order valence-corrected chi connectivity index (χ0v) is 15.1. The Kier molecular flexibility index (Phi) is 5.74. The summed E-state index contributed by atoms with van der Waals surface area (Å²) in [4.78, 5) is 12.4. The lowest BCUT2D eigenvalue weighted by Crippen LogP contribution is -2.28. The Labute approximate surface area is 153 Å². The van der Waals surface area contributed by atoms with Crippen molar-refractivity contribution in [3.05, 3.63) is 72.3 Å². The molecule has 0 radical (unpaired) electrons. The molecule has 3 aromatic carbocycles. The van der Waals surface area contributed by atoms with Gasteiger partial charge in [-0.05, 0) is 48.9 Å². The van der Waals surface area contributed by atoms with Crippen LogP contribution in [0.5, 0.6) is 11.5 Å². The van der Waals surface area contributed by atoms with Gasteiger partial charge in [0, 0.05) is 0 Å². The number of ether oxygens (including phenoxy) is 2. The molecule has 0 saturated carbocycles. The standard InChI is InChI=1S/C22H23NO3/c1-16(2)26-21-10-6-5-9-20(21)22(24)23-13-14-25-19-12-11-17-7-3-4-8-18(17)15-19/h3-12,15-16H,13-14H2,1-2H3,(H,23,24). The van der Waals surface area contributed by atoms with Crippen LogP contribution in [-0.2, 0) is 0 Å². The van der Waals surface area contributed by atoms with Crippen LogP contribution in [-0.4, -0.2) is 25.2 Å². The lowest BCUT2D eigenvalue weighted by atomic mass is 10.1. The van der Waals surface area contributed by atoms with Gasteiger partial charge in [0.15, 0.2) is 0 Å². The third kappa shape index (κ3) is 4.54. The van der Waals surface area contributed by atoms with E-state index >= 15 is 0 Å². The number of rotatable bonds is 7. The van der Waals surface area contributed by atoms with E-state index in [2.05, 4.69) is 17.4 Å². The number of nitrogens with one attached hydrogen (secondary N) is 1. The molecule has 1 N–H and O–H groups in total. The summed E-state index contributed by atoms with van der Waals surface area (Å²) in [5, 5.41) is 5.19. The van der Waals surface area contributed by atoms with Crippen molar-refractivity contribution in [3.63, 3.8) is 0 Å². The number of hydrogen-bond donors (Lipinski definition) is 1. The normalized spacial score (nSPS) is 10.7. The smallest absolute Gasteiger partial charge is 0.255 e. The molecule has 0 fully saturated rings. The molecule has 0 aromatic heterocycles. The molecule has 0 spiro atoms. The van der Waals surface area contributed by atoms with Gasteiger partial charge in [-0.2, -0.15) is 0 Å². The summed E-state index contributed by atoms with van der Waals surface area (Å²) in [6, 6.07) is 21.4. The largest absolute Gasteiger partial charge is 0.492 e. The van der Waals surface area contributed by atoms with Gasteiger partial charge in [0.25, 0.3) is 5.91 Å². The van der Waals surface area contributed by atoms with Crippen LogP contribution in [0.1, 0.15) is 24.2 Å². The lowest BCUT2D eigenvalue weighted by Gasteiger charge is -2.14. The van der Waals surface area contributed by atoms with Crippen LogP contribution in [0.15, 0.2) is 66.7 Å². The van der Waals surface area contributed by atoms with Crippen LogP contribution in [0.2, 0.25) is 0 Å². The van der Waals surface area contributed by atoms with Gasteiger partial charge in [0.1, 0.15) is 18.1 Å². The van der Waals surface area contributed by atoms with Crippen LogP contribution < -0.4 is 14.8 Å². The van der Waals surface area contributed by atoms with Crippen LogP contribution in [0, 0.1) is 0 Å². The number of fused-ring (bicyclic) bond motifs is 1. The molecule has 0 aliphatic heterocycles. The van der Waals surface area contributed by atoms with Gasteiger partial charge in [-0.25, -0.2) is 0 Å². The predicted octanol–water partition coefficient (Wildman–Crippen LogP) is 4.44. The zero-order valence-electron chi connectivity index (χ0n) is 15.1. The molecule has 0 unspecified atom stereocenters. The molecular formula is C22H23NO3. The third-order valence-electron chi connectivity index (χ3n) is 3.87. The van der Waals surface area contributed by atoms with Crippen molar-refractivity contribution in [1.29, 1.82) is 0 Å². The molecular weight excluding hydrogens is 326 g/mol. The molecule has 0 bridgehead atoms. The summed E-state index contributed by atoms with van der Waals surface area (Å²) in [6.07, 6.45) is 0.0141. The Bertz CT molecular complexity index is 889. The average Bonchev–Trinajstić information content (AvgIpc) is 2.65. The van der Waals surface area contributed by atoms with Gasteiger partial charge in [0.05, 0.1) is 18.2 Å². The summed E-state index contributed by atoms with van der Waals surface area (Å²) in [5.41, 5.74) is 0.534. The van der Waals surface area contributed by atoms with Crippen molar-refractivity contribution in [1.82, 2.24) is 5.32 Å². The second-order valence-corrected chi connectivity index (χ2v) is 6.28. The van der Waals surface area contributed by atoms with Crippen molar-refractivity contribution in [2.24, 2.45) is 0 Å². The lowest BCUT2D eigenvalue weighted by molar-refractivity contribution is 0.0941. The first-order chi connectivity index (χ1) is 12.6. The van der Waals surface area contributed by atoms with Gasteiger partial charge >= 0.3 is 0 Å². The van der Waals surface area contributed by atoms with Gasteiger partial charge in [-0.1, -0.05) is 42.5 Å². The number of amides is 1. The molecule has 4 nitrogen and oxygen atoms in total. The molecule has 0 atom stereocenters. The van der Waals surface area contributed by atoms with Crippen LogP contribution in [0.25, 0.3) is 10.8 Å². The molecule has 26 heavy (non-hydrogen) atoms. The number of hydrogen-bond acceptors (Lipinski definition) is 3. The van der Waals surface area contributed by atoms with Crippen LogP contribution in [0.4, 0.5) is 0 Å². The Balaban J connectivity index is 1.54. The second-order valence-electron chi connectivity index (χ2n) is 6.28. The fourth-order valence-corrected chi connectivity index (χ4v) is 2.70. The fraction of sp³-hybridized carbons (Fsp3) is 0.227. The molecule has 0 saturated heterocycles. The van der Waals surface area contributed by atoms with E-state index < -0.39 is 0 Å². The maximum atomic E-state index is 12.4. The summed E-state index contributed by atoms with van der Waals surface area (Å²) in [7, 11) is 0. The first kappa shape index (κ1) is 17.8. The quantitative estimate of drug-likeness (QED) is 0.642. The Morgan fingerprint density at radius 3 is 2.50 bits per heavy atom. The molecule has 1 amide bonds. The first-order valence-electron chi connectivity index (χ1n) is 8.79. The van der Waals surface area contributed by atoms with Crippen LogP contribution >= 0.6 is 0 Å². The molecule has 0 aliphatic carbocycles. The van der Waals surface area contributed by atoms with Crippen LogP contribution in [0.3, 0.4) is 0 Å². The van der Waals surface area contributed by atoms with E-state index in [4.69, 9.17) is 9.47 Å². The van der Waals surface area contributed by atoms with Gasteiger partial charge in [-0.3, -0.25) is 4.79 Å². The highest BCUT2D eigenvalue weighted by molar-refractivity contribution is 5.96. The molecule has 0 heterocycles. The highest BCUT2D eigenvalue weighted by Crippen LogP contribution is 2.21. The molecule has 134 valence electrons. The minimum atomic E-state index is -0.164. The zero-order chi connectivity index (χ0) is 18.4. The SMILES string of the molecule is CC(C)Oc1ccccc1C(=O)NCCOc1ccc2ccccc2c1. The highest BCUT2D eigenvalue weighted by Gasteiger charge is 2.12. The molecule has 0 aliphatic rings. The fourth-order valence-electron chi connectivity index (χ4n) is 2.70. The maximum Gasteiger partial charge on any atom is 0.255 e. The van der Waals surface area contributed by atoms with Gasteiger partial charge in [0.2, 0.25) is 0 Å². The summed E-state index contributed by atoms with van der Waals surface area (Å²) in [6.45, 7) is 4.69. The third-order valence-corrected chi connectivity index (χ3v) is 3.87. The number of para-hydroxylation sites is 1. The van der Waals surface area contributed by atoms with E-state index in [1.165, 1.54) is 5.39 Å². The topological polar surface area (TPSA) is 47.6 Å². The van der Waals surface area contributed by atoms with Crippen molar-refractivity contribution < 1.29 is 14.3 Å². The summed E-state index contributed by atoms with van der Waals surface area (Å²) in [5.74, 6) is 1.22. The molecule has 3 rings (SSSR count). The maximum absolute atomic E-state index is 12.4.